The number of ether oxygens (including phenoxy) is 2. The fraction of sp³-hybridized carbons (Fsp3) is 0.806. The Bertz CT molecular complexity index is 1180. The molecule has 9 atom stereocenters. The maximum absolute atomic E-state index is 14.8. The van der Waals surface area contributed by atoms with Crippen molar-refractivity contribution in [2.75, 3.05) is 6.61 Å². The summed E-state index contributed by atoms with van der Waals surface area (Å²) in [4.78, 5) is 41.3. The van der Waals surface area contributed by atoms with Gasteiger partial charge in [0.05, 0.1) is 17.9 Å². The van der Waals surface area contributed by atoms with E-state index in [-0.39, 0.29) is 23.2 Å². The first-order valence-corrected chi connectivity index (χ1v) is 17.0. The monoisotopic (exact) mass is 616 g/mol. The van der Waals surface area contributed by atoms with Crippen LogP contribution in [-0.2, 0) is 23.9 Å². The van der Waals surface area contributed by atoms with E-state index in [0.717, 1.165) is 19.3 Å². The van der Waals surface area contributed by atoms with Gasteiger partial charge < -0.3 is 24.8 Å². The lowest BCUT2D eigenvalue weighted by atomic mass is 9.59. The highest BCUT2D eigenvalue weighted by atomic mass is 16.6. The van der Waals surface area contributed by atoms with E-state index in [1.165, 1.54) is 25.7 Å². The van der Waals surface area contributed by atoms with Crippen molar-refractivity contribution in [3.05, 3.63) is 23.3 Å². The normalized spacial score (nSPS) is 37.6. The minimum Gasteiger partial charge on any atom is -0.458 e. The Hall–Kier alpha value is -2.03. The topological polar surface area (TPSA) is 130 Å². The van der Waals surface area contributed by atoms with Crippen LogP contribution in [0, 0.1) is 40.4 Å². The average Bonchev–Trinajstić information content (AvgIpc) is 3.36. The molecule has 4 rings (SSSR count). The zero-order valence-corrected chi connectivity index (χ0v) is 28.2. The van der Waals surface area contributed by atoms with Gasteiger partial charge in [-0.25, -0.2) is 0 Å². The van der Waals surface area contributed by atoms with E-state index in [4.69, 9.17) is 9.47 Å². The third kappa shape index (κ3) is 5.21. The van der Waals surface area contributed by atoms with E-state index in [1.807, 2.05) is 34.6 Å². The Morgan fingerprint density at radius 2 is 1.68 bits per heavy atom. The molecule has 2 fully saturated rings. The van der Waals surface area contributed by atoms with Crippen LogP contribution < -0.4 is 0 Å². The Morgan fingerprint density at radius 1 is 1.07 bits per heavy atom. The highest BCUT2D eigenvalue weighted by Gasteiger charge is 2.83. The number of carbonyl (C=O) groups is 3. The molecule has 1 unspecified atom stereocenters. The Morgan fingerprint density at radius 3 is 2.27 bits per heavy atom. The predicted molar refractivity (Wildman–Crippen MR) is 167 cm³/mol. The van der Waals surface area contributed by atoms with E-state index in [9.17, 15) is 29.7 Å². The number of aliphatic hydroxyl groups excluding tert-OH is 2. The lowest BCUT2D eigenvalue weighted by Gasteiger charge is -2.49. The summed E-state index contributed by atoms with van der Waals surface area (Å²) in [7, 11) is 0. The van der Waals surface area contributed by atoms with Crippen LogP contribution in [-0.4, -0.2) is 63.1 Å². The van der Waals surface area contributed by atoms with Gasteiger partial charge in [0, 0.05) is 23.7 Å². The minimum atomic E-state index is -2.24. The van der Waals surface area contributed by atoms with E-state index in [0.29, 0.717) is 18.4 Å². The molecule has 248 valence electrons. The fourth-order valence-corrected chi connectivity index (χ4v) is 8.87. The molecule has 2 saturated carbocycles. The summed E-state index contributed by atoms with van der Waals surface area (Å²) in [5.41, 5.74) is -4.77. The second kappa shape index (κ2) is 12.6. The van der Waals surface area contributed by atoms with Crippen LogP contribution in [0.4, 0.5) is 0 Å². The van der Waals surface area contributed by atoms with Gasteiger partial charge in [-0.3, -0.25) is 14.4 Å². The zero-order valence-electron chi connectivity index (χ0n) is 28.2. The number of hydrogen-bond acceptors (Lipinski definition) is 8. The van der Waals surface area contributed by atoms with Gasteiger partial charge in [0.15, 0.2) is 17.5 Å². The molecule has 0 aromatic rings. The molecule has 4 aliphatic rings. The number of ketones is 1. The highest BCUT2D eigenvalue weighted by Crippen LogP contribution is 2.75. The minimum absolute atomic E-state index is 0.0171. The first-order chi connectivity index (χ1) is 20.6. The van der Waals surface area contributed by atoms with E-state index < -0.39 is 70.5 Å². The summed E-state index contributed by atoms with van der Waals surface area (Å²) < 4.78 is 12.3. The smallest absolute Gasteiger partial charge is 0.309 e. The van der Waals surface area contributed by atoms with Crippen molar-refractivity contribution in [3.63, 3.8) is 0 Å². The van der Waals surface area contributed by atoms with Gasteiger partial charge in [0.1, 0.15) is 11.7 Å². The van der Waals surface area contributed by atoms with Gasteiger partial charge in [-0.05, 0) is 42.7 Å². The summed E-state index contributed by atoms with van der Waals surface area (Å²) in [6, 6.07) is 0. The second-order valence-electron chi connectivity index (χ2n) is 15.2. The molecule has 4 aliphatic carbocycles. The molecular weight excluding hydrogens is 560 g/mol. The van der Waals surface area contributed by atoms with Crippen LogP contribution in [0.15, 0.2) is 23.3 Å². The molecule has 44 heavy (non-hydrogen) atoms. The van der Waals surface area contributed by atoms with Crippen LogP contribution in [0.2, 0.25) is 0 Å². The Balaban J connectivity index is 1.68. The summed E-state index contributed by atoms with van der Waals surface area (Å²) in [6.45, 7) is 14.7. The van der Waals surface area contributed by atoms with Gasteiger partial charge in [-0.2, -0.15) is 0 Å². The van der Waals surface area contributed by atoms with Gasteiger partial charge in [-0.1, -0.05) is 99.1 Å². The zero-order chi connectivity index (χ0) is 32.8. The molecule has 1 spiro atoms. The number of allylic oxidation sites excluding steroid dienone is 1. The number of aliphatic hydroxyl groups is 3. The van der Waals surface area contributed by atoms with Crippen molar-refractivity contribution in [1.82, 2.24) is 0 Å². The highest BCUT2D eigenvalue weighted by molar-refractivity contribution is 5.96. The van der Waals surface area contributed by atoms with Crippen molar-refractivity contribution < 1.29 is 39.2 Å². The number of esters is 2. The van der Waals surface area contributed by atoms with E-state index in [2.05, 4.69) is 6.92 Å². The van der Waals surface area contributed by atoms with Gasteiger partial charge in [0.25, 0.3) is 0 Å². The number of Topliss-reactive ketones (excluding diaryl/α,β-unsaturated/α-hetero) is 1. The maximum atomic E-state index is 14.8. The van der Waals surface area contributed by atoms with Crippen LogP contribution >= 0.6 is 0 Å². The van der Waals surface area contributed by atoms with Gasteiger partial charge in [0.2, 0.25) is 0 Å². The molecule has 0 aliphatic heterocycles. The van der Waals surface area contributed by atoms with Crippen LogP contribution in [0.5, 0.6) is 0 Å². The largest absolute Gasteiger partial charge is 0.458 e. The van der Waals surface area contributed by atoms with Crippen molar-refractivity contribution in [2.24, 2.45) is 40.4 Å². The van der Waals surface area contributed by atoms with Gasteiger partial charge >= 0.3 is 11.9 Å². The van der Waals surface area contributed by atoms with E-state index in [1.54, 1.807) is 26.0 Å². The Labute approximate surface area is 263 Å². The lowest BCUT2D eigenvalue weighted by Crippen LogP contribution is -2.66. The molecule has 0 aromatic heterocycles. The first kappa shape index (κ1) is 34.8. The van der Waals surface area contributed by atoms with Crippen LogP contribution in [0.3, 0.4) is 0 Å². The molecule has 0 saturated heterocycles. The second-order valence-corrected chi connectivity index (χ2v) is 15.2. The molecule has 0 amide bonds. The van der Waals surface area contributed by atoms with Gasteiger partial charge in [-0.15, -0.1) is 0 Å². The SMILES string of the molecule is CCCCCCCCCC(=O)O[C@@]12C[C@@H](C)[C@]34C=C(C)[C@H](OC(=O)C(C)C(C)C)[C@@]3(O)[C@H](O)C(CO)=C[C@H](C4=O)[C@@H]1C2(C)C. The molecule has 8 heteroatoms. The van der Waals surface area contributed by atoms with Crippen LogP contribution in [0.25, 0.3) is 0 Å². The molecular formula is C36H56O8. The number of fused-ring (bicyclic) bond motifs is 3. The number of unbranched alkanes of at least 4 members (excludes halogenated alkanes) is 6. The maximum Gasteiger partial charge on any atom is 0.309 e. The van der Waals surface area contributed by atoms with E-state index >= 15 is 0 Å². The fourth-order valence-electron chi connectivity index (χ4n) is 8.87. The number of rotatable bonds is 13. The quantitative estimate of drug-likeness (QED) is 0.141. The lowest BCUT2D eigenvalue weighted by molar-refractivity contribution is -0.206. The summed E-state index contributed by atoms with van der Waals surface area (Å²) in [5, 5.41) is 34.9. The third-order valence-electron chi connectivity index (χ3n) is 11.9. The summed E-state index contributed by atoms with van der Waals surface area (Å²) >= 11 is 0. The molecule has 2 bridgehead atoms. The molecule has 0 heterocycles. The predicted octanol–water partition coefficient (Wildman–Crippen LogP) is 5.46. The Kier molecular flexibility index (Phi) is 10.0. The van der Waals surface area contributed by atoms with Crippen LogP contribution in [0.1, 0.15) is 113 Å². The van der Waals surface area contributed by atoms with Crippen molar-refractivity contribution in [2.45, 2.75) is 137 Å². The molecule has 8 nitrogen and oxygen atoms in total. The summed E-state index contributed by atoms with van der Waals surface area (Å²) in [5.74, 6) is -3.39. The van der Waals surface area contributed by atoms with Crippen molar-refractivity contribution in [3.8, 4) is 0 Å². The molecule has 0 radical (unpaired) electrons. The number of carbonyl (C=O) groups excluding carboxylic acids is 3. The number of hydrogen-bond donors (Lipinski definition) is 3. The summed E-state index contributed by atoms with van der Waals surface area (Å²) in [6.07, 6.45) is 8.55. The first-order valence-electron chi connectivity index (χ1n) is 17.0. The standard InChI is InChI=1S/C36H56O8/c1-9-10-11-12-13-14-15-16-27(38)44-35-19-23(5)34-18-22(4)31(43-32(41)24(6)21(2)3)36(34,42)29(39)25(20-37)17-26(30(34)40)28(35)33(35,7)8/h17-18,21,23-24,26,28-29,31,37,39,42H,9-16,19-20H2,1-8H3/t23-,24?,26+,28-,29-,31+,34+,35+,36+/m1/s1. The molecule has 0 aromatic carbocycles. The third-order valence-corrected chi connectivity index (χ3v) is 11.9. The van der Waals surface area contributed by atoms with Crippen molar-refractivity contribution in [1.29, 1.82) is 0 Å². The van der Waals surface area contributed by atoms with Crippen molar-refractivity contribution >= 4 is 17.7 Å². The average molecular weight is 617 g/mol. The molecule has 3 N–H and O–H groups in total.